The smallest absolute Gasteiger partial charge is 0.238 e. The van der Waals surface area contributed by atoms with Crippen molar-refractivity contribution in [3.63, 3.8) is 0 Å². The molecule has 0 aliphatic carbocycles. The number of nitrogens with zero attached hydrogens (tertiary/aromatic N) is 1. The van der Waals surface area contributed by atoms with Crippen molar-refractivity contribution in [3.8, 4) is 11.5 Å². The van der Waals surface area contributed by atoms with Gasteiger partial charge in [-0.2, -0.15) is 0 Å². The predicted molar refractivity (Wildman–Crippen MR) is 111 cm³/mol. The van der Waals surface area contributed by atoms with Gasteiger partial charge in [-0.05, 0) is 30.2 Å². The topological polar surface area (TPSA) is 76.8 Å². The molecule has 6 nitrogen and oxygen atoms in total. The van der Waals surface area contributed by atoms with E-state index in [-0.39, 0.29) is 18.3 Å². The number of likely N-dealkylation sites (tertiary alicyclic amines) is 1. The first-order valence-electron chi connectivity index (χ1n) is 9.40. The van der Waals surface area contributed by atoms with E-state index in [1.165, 1.54) is 5.56 Å². The molecule has 2 atom stereocenters. The molecule has 1 amide bonds. The molecule has 2 aromatic rings. The molecule has 1 fully saturated rings. The van der Waals surface area contributed by atoms with Gasteiger partial charge in [0.05, 0.1) is 6.54 Å². The summed E-state index contributed by atoms with van der Waals surface area (Å²) < 4.78 is 11.1. The lowest BCUT2D eigenvalue weighted by molar-refractivity contribution is -0.117. The van der Waals surface area contributed by atoms with Crippen molar-refractivity contribution in [2.75, 3.05) is 44.7 Å². The highest BCUT2D eigenvalue weighted by molar-refractivity contribution is 5.92. The molecule has 2 heterocycles. The highest BCUT2D eigenvalue weighted by Gasteiger charge is 2.33. The van der Waals surface area contributed by atoms with Crippen LogP contribution in [0.1, 0.15) is 11.5 Å². The number of amides is 1. The molecule has 3 N–H and O–H groups in total. The third kappa shape index (κ3) is 4.58. The third-order valence-corrected chi connectivity index (χ3v) is 5.24. The van der Waals surface area contributed by atoms with Crippen molar-refractivity contribution in [2.45, 2.75) is 5.92 Å². The van der Waals surface area contributed by atoms with E-state index in [0.717, 1.165) is 24.5 Å². The highest BCUT2D eigenvalue weighted by Crippen LogP contribution is 2.33. The molecule has 2 aliphatic rings. The van der Waals surface area contributed by atoms with Gasteiger partial charge in [-0.3, -0.25) is 9.69 Å². The number of fused-ring (bicyclic) bond motifs is 1. The molecule has 4 rings (SSSR count). The Balaban J connectivity index is 0.00000225. The summed E-state index contributed by atoms with van der Waals surface area (Å²) in [5, 5.41) is 2.96. The largest absolute Gasteiger partial charge is 0.486 e. The summed E-state index contributed by atoms with van der Waals surface area (Å²) in [4.78, 5) is 14.7. The number of nitrogens with one attached hydrogen (secondary N) is 1. The average molecular weight is 404 g/mol. The van der Waals surface area contributed by atoms with Gasteiger partial charge in [0.2, 0.25) is 5.91 Å². The van der Waals surface area contributed by atoms with Gasteiger partial charge in [0.1, 0.15) is 13.2 Å². The van der Waals surface area contributed by atoms with E-state index >= 15 is 0 Å². The molecule has 1 saturated heterocycles. The Morgan fingerprint density at radius 2 is 1.82 bits per heavy atom. The summed E-state index contributed by atoms with van der Waals surface area (Å²) in [6.45, 7) is 3.75. The van der Waals surface area contributed by atoms with Crippen LogP contribution in [0.15, 0.2) is 48.5 Å². The van der Waals surface area contributed by atoms with Crippen LogP contribution in [0.5, 0.6) is 11.5 Å². The van der Waals surface area contributed by atoms with E-state index in [9.17, 15) is 4.79 Å². The first-order valence-corrected chi connectivity index (χ1v) is 9.40. The molecule has 7 heteroatoms. The number of nitrogens with two attached hydrogens (primary N) is 1. The van der Waals surface area contributed by atoms with Gasteiger partial charge < -0.3 is 20.5 Å². The van der Waals surface area contributed by atoms with Gasteiger partial charge in [0.25, 0.3) is 0 Å². The molecule has 28 heavy (non-hydrogen) atoms. The molecule has 2 aromatic carbocycles. The number of hydrogen-bond acceptors (Lipinski definition) is 5. The number of rotatable bonds is 5. The molecule has 0 spiro atoms. The van der Waals surface area contributed by atoms with Crippen LogP contribution < -0.4 is 20.5 Å². The van der Waals surface area contributed by atoms with Gasteiger partial charge >= 0.3 is 0 Å². The van der Waals surface area contributed by atoms with E-state index in [1.807, 2.05) is 24.3 Å². The molecule has 150 valence electrons. The Kier molecular flexibility index (Phi) is 6.78. The fraction of sp³-hybridized carbons (Fsp3) is 0.381. The van der Waals surface area contributed by atoms with Gasteiger partial charge in [-0.25, -0.2) is 0 Å². The lowest BCUT2D eigenvalue weighted by Crippen LogP contribution is -2.32. The van der Waals surface area contributed by atoms with Crippen LogP contribution in [-0.2, 0) is 4.79 Å². The maximum Gasteiger partial charge on any atom is 0.238 e. The standard InChI is InChI=1S/C21H25N3O3.ClH/c22-11-16-12-24(13-18(16)15-4-2-1-3-5-15)14-21(25)23-17-6-7-19-20(10-17)27-9-8-26-19;/h1-7,10,16,18H,8-9,11-14,22H2,(H,23,25);1H/t16-,18+;/m1./s1. The monoisotopic (exact) mass is 403 g/mol. The van der Waals surface area contributed by atoms with Crippen LogP contribution >= 0.6 is 12.4 Å². The van der Waals surface area contributed by atoms with Crippen LogP contribution in [0, 0.1) is 5.92 Å². The lowest BCUT2D eigenvalue weighted by atomic mass is 9.89. The van der Waals surface area contributed by atoms with E-state index in [2.05, 4.69) is 34.5 Å². The Hall–Kier alpha value is -2.28. The molecule has 0 radical (unpaired) electrons. The van der Waals surface area contributed by atoms with Crippen LogP contribution in [0.25, 0.3) is 0 Å². The maximum atomic E-state index is 12.5. The van der Waals surface area contributed by atoms with Crippen molar-refractivity contribution >= 4 is 24.0 Å². The van der Waals surface area contributed by atoms with Crippen molar-refractivity contribution in [3.05, 3.63) is 54.1 Å². The molecule has 0 aromatic heterocycles. The summed E-state index contributed by atoms with van der Waals surface area (Å²) in [6, 6.07) is 15.9. The van der Waals surface area contributed by atoms with Gasteiger partial charge in [-0.15, -0.1) is 12.4 Å². The minimum atomic E-state index is -0.0313. The van der Waals surface area contributed by atoms with Gasteiger partial charge in [-0.1, -0.05) is 30.3 Å². The van der Waals surface area contributed by atoms with Crippen molar-refractivity contribution in [1.82, 2.24) is 4.90 Å². The number of ether oxygens (including phenoxy) is 2. The number of carbonyl (C=O) groups excluding carboxylic acids is 1. The van der Waals surface area contributed by atoms with Crippen molar-refractivity contribution in [2.24, 2.45) is 11.7 Å². The normalized spacial score (nSPS) is 21.0. The average Bonchev–Trinajstić information content (AvgIpc) is 3.11. The van der Waals surface area contributed by atoms with Crippen LogP contribution in [-0.4, -0.2) is 50.2 Å². The van der Waals surface area contributed by atoms with E-state index in [1.54, 1.807) is 0 Å². The summed E-state index contributed by atoms with van der Waals surface area (Å²) >= 11 is 0. The molecule has 0 saturated carbocycles. The number of hydrogen-bond donors (Lipinski definition) is 2. The fourth-order valence-corrected chi connectivity index (χ4v) is 3.93. The number of halogens is 1. The summed E-state index contributed by atoms with van der Waals surface area (Å²) in [5.41, 5.74) is 8.00. The maximum absolute atomic E-state index is 12.5. The van der Waals surface area contributed by atoms with Crippen molar-refractivity contribution < 1.29 is 14.3 Å². The molecule has 0 unspecified atom stereocenters. The van der Waals surface area contributed by atoms with Gasteiger partial charge in [0.15, 0.2) is 11.5 Å². The zero-order valence-electron chi connectivity index (χ0n) is 15.7. The lowest BCUT2D eigenvalue weighted by Gasteiger charge is -2.19. The van der Waals surface area contributed by atoms with Gasteiger partial charge in [0, 0.05) is 30.8 Å². The van der Waals surface area contributed by atoms with Crippen LogP contribution in [0.4, 0.5) is 5.69 Å². The van der Waals surface area contributed by atoms with E-state index in [0.29, 0.717) is 43.9 Å². The second-order valence-electron chi connectivity index (χ2n) is 7.11. The van der Waals surface area contributed by atoms with E-state index < -0.39 is 0 Å². The first kappa shape index (κ1) is 20.5. The number of carbonyl (C=O) groups is 1. The highest BCUT2D eigenvalue weighted by atomic mass is 35.5. The Bertz CT molecular complexity index is 803. The minimum Gasteiger partial charge on any atom is -0.486 e. The Morgan fingerprint density at radius 3 is 2.57 bits per heavy atom. The second-order valence-corrected chi connectivity index (χ2v) is 7.11. The summed E-state index contributed by atoms with van der Waals surface area (Å²) in [5.74, 6) is 2.10. The predicted octanol–water partition coefficient (Wildman–Crippen LogP) is 2.49. The Labute approximate surface area is 171 Å². The summed E-state index contributed by atoms with van der Waals surface area (Å²) in [7, 11) is 0. The second kappa shape index (κ2) is 9.28. The fourth-order valence-electron chi connectivity index (χ4n) is 3.93. The van der Waals surface area contributed by atoms with Crippen molar-refractivity contribution in [1.29, 1.82) is 0 Å². The van der Waals surface area contributed by atoms with Crippen LogP contribution in [0.2, 0.25) is 0 Å². The number of benzene rings is 2. The zero-order valence-corrected chi connectivity index (χ0v) is 16.5. The molecular formula is C21H26ClN3O3. The third-order valence-electron chi connectivity index (χ3n) is 5.24. The summed E-state index contributed by atoms with van der Waals surface area (Å²) in [6.07, 6.45) is 0. The Morgan fingerprint density at radius 1 is 1.07 bits per heavy atom. The molecular weight excluding hydrogens is 378 g/mol. The first-order chi connectivity index (χ1) is 13.2. The quantitative estimate of drug-likeness (QED) is 0.802. The zero-order chi connectivity index (χ0) is 18.6. The number of anilines is 1. The van der Waals surface area contributed by atoms with E-state index in [4.69, 9.17) is 15.2 Å². The minimum absolute atomic E-state index is 0. The molecule has 2 aliphatic heterocycles. The van der Waals surface area contributed by atoms with Crippen LogP contribution in [0.3, 0.4) is 0 Å². The molecule has 0 bridgehead atoms. The SMILES string of the molecule is Cl.NC[C@@H]1CN(CC(=O)Nc2ccc3c(c2)OCCO3)C[C@H]1c1ccccc1.